The molecule has 5 aromatic rings. The number of fused-ring (bicyclic) bond motifs is 3. The fourth-order valence-electron chi connectivity index (χ4n) is 5.32. The Morgan fingerprint density at radius 3 is 2.11 bits per heavy atom. The molecule has 1 aliphatic rings. The van der Waals surface area contributed by atoms with Gasteiger partial charge in [0.25, 0.3) is 10.0 Å². The van der Waals surface area contributed by atoms with E-state index in [2.05, 4.69) is 0 Å². The summed E-state index contributed by atoms with van der Waals surface area (Å²) < 4.78 is 31.2. The van der Waals surface area contributed by atoms with Crippen LogP contribution in [0.4, 0.5) is 5.82 Å². The number of rotatable bonds is 5. The topological polar surface area (TPSA) is 59.4 Å². The highest BCUT2D eigenvalue weighted by molar-refractivity contribution is 7.93. The van der Waals surface area contributed by atoms with Gasteiger partial charge in [-0.2, -0.15) is 4.31 Å². The van der Waals surface area contributed by atoms with Gasteiger partial charge in [0.2, 0.25) is 5.91 Å². The summed E-state index contributed by atoms with van der Waals surface area (Å²) in [5.41, 5.74) is 4.73. The van der Waals surface area contributed by atoms with Crippen LogP contribution in [0.15, 0.2) is 114 Å². The van der Waals surface area contributed by atoms with Crippen LogP contribution in [-0.4, -0.2) is 18.9 Å². The average molecular weight is 507 g/mol. The van der Waals surface area contributed by atoms with Crippen LogP contribution in [0.3, 0.4) is 0 Å². The van der Waals surface area contributed by atoms with Crippen molar-refractivity contribution < 1.29 is 13.2 Å². The zero-order valence-electron chi connectivity index (χ0n) is 20.4. The highest BCUT2D eigenvalue weighted by atomic mass is 32.2. The van der Waals surface area contributed by atoms with Crippen molar-refractivity contribution in [1.29, 1.82) is 0 Å². The molecule has 0 saturated carbocycles. The van der Waals surface area contributed by atoms with Gasteiger partial charge in [0.05, 0.1) is 10.4 Å². The van der Waals surface area contributed by atoms with Crippen LogP contribution in [-0.2, 0) is 21.4 Å². The van der Waals surface area contributed by atoms with Crippen LogP contribution in [0.25, 0.3) is 10.9 Å². The number of aromatic nitrogens is 1. The van der Waals surface area contributed by atoms with Gasteiger partial charge in [-0.1, -0.05) is 96.6 Å². The maximum atomic E-state index is 14.1. The van der Waals surface area contributed by atoms with Gasteiger partial charge in [-0.05, 0) is 36.2 Å². The van der Waals surface area contributed by atoms with Crippen LogP contribution in [0, 0.1) is 6.92 Å². The Morgan fingerprint density at radius 1 is 0.784 bits per heavy atom. The Bertz CT molecular complexity index is 1710. The molecule has 0 bridgehead atoms. The van der Waals surface area contributed by atoms with Gasteiger partial charge in [0.1, 0.15) is 5.82 Å². The van der Waals surface area contributed by atoms with Crippen molar-refractivity contribution in [1.82, 2.24) is 4.57 Å². The van der Waals surface area contributed by atoms with E-state index in [1.165, 1.54) is 0 Å². The first kappa shape index (κ1) is 23.3. The lowest BCUT2D eigenvalue weighted by molar-refractivity contribution is -0.118. The third kappa shape index (κ3) is 3.94. The van der Waals surface area contributed by atoms with Crippen molar-refractivity contribution in [3.63, 3.8) is 0 Å². The number of amides is 1. The lowest BCUT2D eigenvalue weighted by atomic mass is 9.85. The largest absolute Gasteiger partial charge is 0.322 e. The van der Waals surface area contributed by atoms with Gasteiger partial charge < -0.3 is 4.57 Å². The van der Waals surface area contributed by atoms with Gasteiger partial charge in [0, 0.05) is 29.8 Å². The average Bonchev–Trinajstić information content (AvgIpc) is 3.23. The molecule has 6 rings (SSSR count). The van der Waals surface area contributed by atoms with Crippen molar-refractivity contribution >= 4 is 32.7 Å². The number of hydrogen-bond donors (Lipinski definition) is 0. The summed E-state index contributed by atoms with van der Waals surface area (Å²) in [7, 11) is -4.15. The van der Waals surface area contributed by atoms with Gasteiger partial charge in [0.15, 0.2) is 0 Å². The minimum Gasteiger partial charge on any atom is -0.322 e. The summed E-state index contributed by atoms with van der Waals surface area (Å²) in [5.74, 6) is -0.259. The SMILES string of the molecule is Cc1ccc(S(=O)(=O)N2C(=O)CC(c3ccccc3)c3c2n(Cc2ccccc2)c2ccccc32)cc1. The maximum Gasteiger partial charge on any atom is 0.272 e. The molecule has 1 aliphatic heterocycles. The highest BCUT2D eigenvalue weighted by Crippen LogP contribution is 2.48. The van der Waals surface area contributed by atoms with Crippen LogP contribution in [0.1, 0.15) is 34.6 Å². The summed E-state index contributed by atoms with van der Waals surface area (Å²) in [4.78, 5) is 13.9. The molecule has 0 N–H and O–H groups in total. The second kappa shape index (κ2) is 9.05. The molecule has 1 aromatic heterocycles. The molecule has 184 valence electrons. The molecule has 0 aliphatic carbocycles. The van der Waals surface area contributed by atoms with E-state index in [0.29, 0.717) is 12.4 Å². The molecule has 0 saturated heterocycles. The Hall–Kier alpha value is -4.16. The number of sulfonamides is 1. The molecular weight excluding hydrogens is 480 g/mol. The summed E-state index contributed by atoms with van der Waals surface area (Å²) in [6.07, 6.45) is 0.0709. The molecular formula is C31H26N2O3S. The van der Waals surface area contributed by atoms with Crippen molar-refractivity contribution in [3.8, 4) is 0 Å². The van der Waals surface area contributed by atoms with Crippen LogP contribution in [0.2, 0.25) is 0 Å². The van der Waals surface area contributed by atoms with Gasteiger partial charge in [-0.3, -0.25) is 4.79 Å². The molecule has 4 aromatic carbocycles. The zero-order chi connectivity index (χ0) is 25.6. The molecule has 6 heteroatoms. The molecule has 1 amide bonds. The number of hydrogen-bond acceptors (Lipinski definition) is 3. The fourth-order valence-corrected chi connectivity index (χ4v) is 6.77. The molecule has 0 spiro atoms. The third-order valence-electron chi connectivity index (χ3n) is 7.07. The first-order valence-electron chi connectivity index (χ1n) is 12.3. The monoisotopic (exact) mass is 506 g/mol. The van der Waals surface area contributed by atoms with Gasteiger partial charge in [-0.25, -0.2) is 8.42 Å². The lowest BCUT2D eigenvalue weighted by Gasteiger charge is -2.33. The number of nitrogens with zero attached hydrogens (tertiary/aromatic N) is 2. The smallest absolute Gasteiger partial charge is 0.272 e. The third-order valence-corrected chi connectivity index (χ3v) is 8.80. The number of benzene rings is 4. The quantitative estimate of drug-likeness (QED) is 0.283. The molecule has 0 radical (unpaired) electrons. The second-order valence-corrected chi connectivity index (χ2v) is 11.3. The van der Waals surface area contributed by atoms with Crippen molar-refractivity contribution in [2.45, 2.75) is 30.7 Å². The standard InChI is InChI=1S/C31H26N2O3S/c1-22-16-18-25(19-17-22)37(35,36)33-29(34)20-27(24-12-6-3-7-13-24)30-26-14-8-9-15-28(26)32(31(30)33)21-23-10-4-2-5-11-23/h2-19,27H,20-21H2,1H3. The summed E-state index contributed by atoms with van der Waals surface area (Å²) in [5, 5.41) is 0.957. The highest BCUT2D eigenvalue weighted by Gasteiger charge is 2.43. The van der Waals surface area contributed by atoms with Crippen molar-refractivity contribution in [2.24, 2.45) is 0 Å². The van der Waals surface area contributed by atoms with E-state index in [9.17, 15) is 13.2 Å². The van der Waals surface area contributed by atoms with Crippen LogP contribution in [0.5, 0.6) is 0 Å². The van der Waals surface area contributed by atoms with E-state index in [-0.39, 0.29) is 17.2 Å². The van der Waals surface area contributed by atoms with E-state index in [4.69, 9.17) is 0 Å². The summed E-state index contributed by atoms with van der Waals surface area (Å²) in [6, 6.07) is 34.4. The number of carbonyl (C=O) groups is 1. The Kier molecular flexibility index (Phi) is 5.69. The first-order chi connectivity index (χ1) is 17.9. The normalized spacial score (nSPS) is 15.6. The minimum atomic E-state index is -4.15. The Labute approximate surface area is 216 Å². The molecule has 1 atom stereocenters. The molecule has 1 unspecified atom stereocenters. The molecule has 0 fully saturated rings. The zero-order valence-corrected chi connectivity index (χ0v) is 21.2. The molecule has 5 nitrogen and oxygen atoms in total. The van der Waals surface area contributed by atoms with E-state index in [1.54, 1.807) is 24.3 Å². The van der Waals surface area contributed by atoms with E-state index < -0.39 is 15.9 Å². The number of anilines is 1. The van der Waals surface area contributed by atoms with Gasteiger partial charge in [-0.15, -0.1) is 0 Å². The van der Waals surface area contributed by atoms with E-state index in [1.807, 2.05) is 96.4 Å². The van der Waals surface area contributed by atoms with Crippen molar-refractivity contribution in [3.05, 3.63) is 131 Å². The number of aryl methyl sites for hydroxylation is 1. The lowest BCUT2D eigenvalue weighted by Crippen LogP contribution is -2.42. The predicted octanol–water partition coefficient (Wildman–Crippen LogP) is 6.26. The van der Waals surface area contributed by atoms with E-state index in [0.717, 1.165) is 37.5 Å². The fraction of sp³-hybridized carbons (Fsp3) is 0.129. The van der Waals surface area contributed by atoms with E-state index >= 15 is 0 Å². The first-order valence-corrected chi connectivity index (χ1v) is 13.7. The number of carbonyl (C=O) groups excluding carboxylic acids is 1. The molecule has 37 heavy (non-hydrogen) atoms. The maximum absolute atomic E-state index is 14.1. The van der Waals surface area contributed by atoms with Crippen molar-refractivity contribution in [2.75, 3.05) is 4.31 Å². The van der Waals surface area contributed by atoms with Crippen LogP contribution < -0.4 is 4.31 Å². The predicted molar refractivity (Wildman–Crippen MR) is 146 cm³/mol. The van der Waals surface area contributed by atoms with Crippen LogP contribution >= 0.6 is 0 Å². The number of para-hydroxylation sites is 1. The van der Waals surface area contributed by atoms with Gasteiger partial charge >= 0.3 is 0 Å². The summed E-state index contributed by atoms with van der Waals surface area (Å²) >= 11 is 0. The molecule has 2 heterocycles. The Morgan fingerprint density at radius 2 is 1.41 bits per heavy atom. The minimum absolute atomic E-state index is 0.0709. The second-order valence-electron chi connectivity index (χ2n) is 9.47. The Balaban J connectivity index is 1.66. The summed E-state index contributed by atoms with van der Waals surface area (Å²) in [6.45, 7) is 2.34.